The molecule has 0 radical (unpaired) electrons. The summed E-state index contributed by atoms with van der Waals surface area (Å²) in [7, 11) is 0. The molecule has 3 rings (SSSR count). The maximum Gasteiger partial charge on any atom is 0.0714 e. The number of nitrogens with zero attached hydrogens (tertiary/aromatic N) is 1. The van der Waals surface area contributed by atoms with E-state index in [0.29, 0.717) is 0 Å². The van der Waals surface area contributed by atoms with Gasteiger partial charge in [0.15, 0.2) is 0 Å². The van der Waals surface area contributed by atoms with Crippen molar-refractivity contribution in [3.8, 4) is 0 Å². The molecule has 0 heterocycles. The van der Waals surface area contributed by atoms with E-state index in [0.717, 1.165) is 26.9 Å². The fourth-order valence-corrected chi connectivity index (χ4v) is 3.24. The summed E-state index contributed by atoms with van der Waals surface area (Å²) in [6.45, 7) is 2.09. The molecule has 0 aliphatic rings. The number of hydrogen-bond acceptors (Lipinski definition) is 2. The molecule has 0 atom stereocenters. The number of rotatable bonds is 5. The van der Waals surface area contributed by atoms with Crippen LogP contribution in [0.15, 0.2) is 100 Å². The van der Waals surface area contributed by atoms with Gasteiger partial charge < -0.3 is 0 Å². The number of halogens is 1. The molecule has 0 aliphatic heterocycles. The molecule has 0 spiro atoms. The second-order valence-electron chi connectivity index (χ2n) is 5.58. The first-order valence-corrected chi connectivity index (χ1v) is 9.26. The minimum Gasteiger partial charge on any atom is -0.248 e. The van der Waals surface area contributed by atoms with Gasteiger partial charge in [0, 0.05) is 15.5 Å². The summed E-state index contributed by atoms with van der Waals surface area (Å²) in [5, 5.41) is 2.79. The van der Waals surface area contributed by atoms with Crippen molar-refractivity contribution in [2.75, 3.05) is 0 Å². The highest BCUT2D eigenvalue weighted by Crippen LogP contribution is 2.23. The average Bonchev–Trinajstić information content (AvgIpc) is 2.63. The van der Waals surface area contributed by atoms with Crippen LogP contribution in [-0.2, 0) is 0 Å². The molecule has 3 heteroatoms. The van der Waals surface area contributed by atoms with Crippen molar-refractivity contribution in [3.63, 3.8) is 0 Å². The Hall–Kier alpha value is -2.29. The maximum atomic E-state index is 6.04. The van der Waals surface area contributed by atoms with Crippen LogP contribution in [0.25, 0.3) is 0 Å². The van der Waals surface area contributed by atoms with Gasteiger partial charge in [-0.05, 0) is 48.7 Å². The molecule has 0 saturated carbocycles. The normalized spacial score (nSPS) is 11.8. The molecular weight excluding hydrogens is 346 g/mol. The fourth-order valence-electron chi connectivity index (χ4n) is 2.28. The van der Waals surface area contributed by atoms with Gasteiger partial charge >= 0.3 is 0 Å². The van der Waals surface area contributed by atoms with Crippen LogP contribution in [0, 0.1) is 6.92 Å². The van der Waals surface area contributed by atoms with Crippen LogP contribution in [0.2, 0.25) is 5.02 Å². The number of hydrogen-bond donors (Lipinski definition) is 0. The molecule has 3 aromatic rings. The van der Waals surface area contributed by atoms with E-state index < -0.39 is 0 Å². The zero-order valence-corrected chi connectivity index (χ0v) is 15.5. The van der Waals surface area contributed by atoms with E-state index in [2.05, 4.69) is 31.2 Å². The standard InChI is InChI=1S/C22H18ClNS/c1-17-10-12-18(13-11-17)22(24-20-7-3-2-4-8-20)14-15-25-21-9-5-6-19(23)16-21/h2-16H,1H3. The molecule has 0 bridgehead atoms. The molecule has 0 aromatic heterocycles. The van der Waals surface area contributed by atoms with E-state index in [1.165, 1.54) is 5.56 Å². The molecule has 0 amide bonds. The van der Waals surface area contributed by atoms with Gasteiger partial charge in [-0.25, -0.2) is 4.99 Å². The van der Waals surface area contributed by atoms with Crippen molar-refractivity contribution in [2.24, 2.45) is 4.99 Å². The lowest BCUT2D eigenvalue weighted by atomic mass is 10.1. The summed E-state index contributed by atoms with van der Waals surface area (Å²) in [6, 6.07) is 26.2. The first-order chi connectivity index (χ1) is 12.2. The zero-order chi connectivity index (χ0) is 17.5. The summed E-state index contributed by atoms with van der Waals surface area (Å²) >= 11 is 7.67. The third kappa shape index (κ3) is 5.35. The van der Waals surface area contributed by atoms with Crippen LogP contribution < -0.4 is 0 Å². The minimum absolute atomic E-state index is 0.745. The number of thioether (sulfide) groups is 1. The van der Waals surface area contributed by atoms with E-state index in [4.69, 9.17) is 16.6 Å². The first-order valence-electron chi connectivity index (χ1n) is 8.00. The molecule has 0 fully saturated rings. The SMILES string of the molecule is Cc1ccc(C(C=CSc2cccc(Cl)c2)=Nc2ccccc2)cc1. The van der Waals surface area contributed by atoms with Crippen LogP contribution in [0.3, 0.4) is 0 Å². The predicted molar refractivity (Wildman–Crippen MR) is 110 cm³/mol. The molecule has 124 valence electrons. The van der Waals surface area contributed by atoms with Gasteiger partial charge in [-0.15, -0.1) is 0 Å². The lowest BCUT2D eigenvalue weighted by Crippen LogP contribution is -1.96. The summed E-state index contributed by atoms with van der Waals surface area (Å²) in [5.74, 6) is 0. The van der Waals surface area contributed by atoms with Gasteiger partial charge in [0.25, 0.3) is 0 Å². The predicted octanol–water partition coefficient (Wildman–Crippen LogP) is 7.08. The van der Waals surface area contributed by atoms with E-state index in [1.807, 2.05) is 66.1 Å². The summed E-state index contributed by atoms with van der Waals surface area (Å²) in [5.41, 5.74) is 4.20. The van der Waals surface area contributed by atoms with Gasteiger partial charge in [0.1, 0.15) is 0 Å². The monoisotopic (exact) mass is 363 g/mol. The van der Waals surface area contributed by atoms with E-state index in [1.54, 1.807) is 11.8 Å². The van der Waals surface area contributed by atoms with Crippen molar-refractivity contribution in [2.45, 2.75) is 11.8 Å². The van der Waals surface area contributed by atoms with Gasteiger partial charge in [0.2, 0.25) is 0 Å². The summed E-state index contributed by atoms with van der Waals surface area (Å²) in [6.07, 6.45) is 2.04. The van der Waals surface area contributed by atoms with E-state index >= 15 is 0 Å². The van der Waals surface area contributed by atoms with Crippen molar-refractivity contribution in [1.82, 2.24) is 0 Å². The highest BCUT2D eigenvalue weighted by molar-refractivity contribution is 8.02. The van der Waals surface area contributed by atoms with Crippen molar-refractivity contribution in [3.05, 3.63) is 106 Å². The summed E-state index contributed by atoms with van der Waals surface area (Å²) < 4.78 is 0. The Balaban J connectivity index is 1.87. The Labute approximate surface area is 158 Å². The second kappa shape index (κ2) is 8.70. The fraction of sp³-hybridized carbons (Fsp3) is 0.0455. The third-order valence-corrected chi connectivity index (χ3v) is 4.61. The largest absolute Gasteiger partial charge is 0.248 e. The number of aliphatic imine (C=N–C) groups is 1. The first kappa shape index (κ1) is 17.5. The van der Waals surface area contributed by atoms with Crippen molar-refractivity contribution < 1.29 is 0 Å². The number of allylic oxidation sites excluding steroid dienone is 1. The average molecular weight is 364 g/mol. The molecule has 0 N–H and O–H groups in total. The van der Waals surface area contributed by atoms with Crippen LogP contribution in [0.4, 0.5) is 5.69 Å². The molecule has 3 aromatic carbocycles. The van der Waals surface area contributed by atoms with Crippen LogP contribution in [0.5, 0.6) is 0 Å². The molecule has 0 unspecified atom stereocenters. The quantitative estimate of drug-likeness (QED) is 0.348. The Morgan fingerprint density at radius 2 is 1.68 bits per heavy atom. The van der Waals surface area contributed by atoms with E-state index in [-0.39, 0.29) is 0 Å². The molecule has 0 saturated heterocycles. The van der Waals surface area contributed by atoms with Crippen LogP contribution in [0.1, 0.15) is 11.1 Å². The number of benzene rings is 3. The second-order valence-corrected chi connectivity index (χ2v) is 6.99. The zero-order valence-electron chi connectivity index (χ0n) is 13.9. The maximum absolute atomic E-state index is 6.04. The highest BCUT2D eigenvalue weighted by atomic mass is 35.5. The topological polar surface area (TPSA) is 12.4 Å². The Morgan fingerprint density at radius 3 is 2.40 bits per heavy atom. The molecular formula is C22H18ClNS. The van der Waals surface area contributed by atoms with E-state index in [9.17, 15) is 0 Å². The molecule has 1 nitrogen and oxygen atoms in total. The number of aryl methyl sites for hydroxylation is 1. The smallest absolute Gasteiger partial charge is 0.0714 e. The van der Waals surface area contributed by atoms with Gasteiger partial charge in [0.05, 0.1) is 11.4 Å². The Kier molecular flexibility index (Phi) is 6.10. The summed E-state index contributed by atoms with van der Waals surface area (Å²) in [4.78, 5) is 5.90. The van der Waals surface area contributed by atoms with Gasteiger partial charge in [-0.3, -0.25) is 0 Å². The highest BCUT2D eigenvalue weighted by Gasteiger charge is 2.01. The van der Waals surface area contributed by atoms with Crippen LogP contribution in [-0.4, -0.2) is 5.71 Å². The molecule has 25 heavy (non-hydrogen) atoms. The minimum atomic E-state index is 0.745. The number of para-hydroxylation sites is 1. The third-order valence-electron chi connectivity index (χ3n) is 3.58. The van der Waals surface area contributed by atoms with Gasteiger partial charge in [-0.2, -0.15) is 0 Å². The van der Waals surface area contributed by atoms with Crippen molar-refractivity contribution in [1.29, 1.82) is 0 Å². The van der Waals surface area contributed by atoms with Crippen molar-refractivity contribution >= 4 is 34.8 Å². The lowest BCUT2D eigenvalue weighted by Gasteiger charge is -2.04. The van der Waals surface area contributed by atoms with Crippen LogP contribution >= 0.6 is 23.4 Å². The van der Waals surface area contributed by atoms with Gasteiger partial charge in [-0.1, -0.05) is 77.5 Å². The Bertz CT molecular complexity index is 883. The Morgan fingerprint density at radius 1 is 0.920 bits per heavy atom. The molecule has 0 aliphatic carbocycles. The lowest BCUT2D eigenvalue weighted by molar-refractivity contribution is 1.45.